The second-order valence-electron chi connectivity index (χ2n) is 4.60. The van der Waals surface area contributed by atoms with Crippen LogP contribution < -0.4 is 4.72 Å². The average Bonchev–Trinajstić information content (AvgIpc) is 2.85. The van der Waals surface area contributed by atoms with E-state index in [9.17, 15) is 13.2 Å². The largest absolute Gasteiger partial charge is 0.481 e. The van der Waals surface area contributed by atoms with Crippen molar-refractivity contribution < 1.29 is 18.3 Å². The molecule has 20 heavy (non-hydrogen) atoms. The zero-order valence-electron chi connectivity index (χ0n) is 11.7. The van der Waals surface area contributed by atoms with Crippen molar-refractivity contribution in [3.63, 3.8) is 0 Å². The molecule has 0 aliphatic rings. The fraction of sp³-hybridized carbons (Fsp3) is 0.667. The predicted molar refractivity (Wildman–Crippen MR) is 73.8 cm³/mol. The smallest absolute Gasteiger partial charge is 0.305 e. The number of hydrogen-bond acceptors (Lipinski definition) is 4. The molecule has 0 bridgehead atoms. The lowest BCUT2D eigenvalue weighted by Gasteiger charge is -2.15. The molecule has 0 saturated carbocycles. The van der Waals surface area contributed by atoms with E-state index in [1.54, 1.807) is 0 Å². The van der Waals surface area contributed by atoms with E-state index in [4.69, 9.17) is 5.11 Å². The van der Waals surface area contributed by atoms with Gasteiger partial charge in [0.05, 0.1) is 19.2 Å². The number of aryl methyl sites for hydroxylation is 1. The van der Waals surface area contributed by atoms with E-state index in [1.807, 2.05) is 13.8 Å². The van der Waals surface area contributed by atoms with Crippen molar-refractivity contribution in [2.24, 2.45) is 0 Å². The van der Waals surface area contributed by atoms with Crippen LogP contribution in [0.3, 0.4) is 0 Å². The quantitative estimate of drug-likeness (QED) is 0.714. The Hall–Kier alpha value is -1.41. The minimum absolute atomic E-state index is 0.0671. The van der Waals surface area contributed by atoms with Gasteiger partial charge in [-0.15, -0.1) is 0 Å². The van der Waals surface area contributed by atoms with Crippen LogP contribution in [-0.4, -0.2) is 35.3 Å². The average molecular weight is 303 g/mol. The maximum atomic E-state index is 12.1. The van der Waals surface area contributed by atoms with Crippen LogP contribution in [0.15, 0.2) is 17.3 Å². The maximum absolute atomic E-state index is 12.1. The van der Waals surface area contributed by atoms with E-state index < -0.39 is 16.0 Å². The molecule has 2 N–H and O–H groups in total. The fourth-order valence-electron chi connectivity index (χ4n) is 1.80. The summed E-state index contributed by atoms with van der Waals surface area (Å²) in [6.45, 7) is 4.08. The summed E-state index contributed by atoms with van der Waals surface area (Å²) < 4.78 is 28.3. The first-order valence-corrected chi connectivity index (χ1v) is 8.14. The van der Waals surface area contributed by atoms with E-state index in [1.165, 1.54) is 17.1 Å². The van der Waals surface area contributed by atoms with E-state index in [2.05, 4.69) is 9.82 Å². The Labute approximate surface area is 119 Å². The van der Waals surface area contributed by atoms with E-state index in [-0.39, 0.29) is 23.9 Å². The van der Waals surface area contributed by atoms with Crippen molar-refractivity contribution >= 4 is 16.0 Å². The lowest BCUT2D eigenvalue weighted by Crippen LogP contribution is -2.34. The van der Waals surface area contributed by atoms with Gasteiger partial charge in [-0.2, -0.15) is 5.10 Å². The number of carbonyl (C=O) groups is 1. The van der Waals surface area contributed by atoms with Crippen molar-refractivity contribution in [2.45, 2.75) is 57.0 Å². The summed E-state index contributed by atoms with van der Waals surface area (Å²) in [4.78, 5) is 10.5. The van der Waals surface area contributed by atoms with Crippen molar-refractivity contribution in [1.29, 1.82) is 0 Å². The van der Waals surface area contributed by atoms with Gasteiger partial charge >= 0.3 is 5.97 Å². The Balaban J connectivity index is 2.74. The zero-order chi connectivity index (χ0) is 15.2. The Kier molecular flexibility index (Phi) is 6.15. The molecule has 0 spiro atoms. The first-order valence-electron chi connectivity index (χ1n) is 6.65. The number of carboxylic acids is 1. The van der Waals surface area contributed by atoms with Gasteiger partial charge in [0.25, 0.3) is 0 Å². The van der Waals surface area contributed by atoms with Gasteiger partial charge in [0.1, 0.15) is 4.90 Å². The molecule has 0 amide bonds. The summed E-state index contributed by atoms with van der Waals surface area (Å²) >= 11 is 0. The molecule has 1 heterocycles. The number of carboxylic acid groups (broad SMARTS) is 1. The Morgan fingerprint density at radius 1 is 1.50 bits per heavy atom. The molecule has 8 heteroatoms. The normalized spacial score (nSPS) is 13.3. The number of nitrogens with zero attached hydrogens (tertiary/aromatic N) is 2. The summed E-state index contributed by atoms with van der Waals surface area (Å²) in [7, 11) is -3.59. The van der Waals surface area contributed by atoms with Gasteiger partial charge in [-0.1, -0.05) is 20.3 Å². The number of hydrogen-bond donors (Lipinski definition) is 2. The lowest BCUT2D eigenvalue weighted by atomic mass is 10.1. The molecule has 1 aromatic heterocycles. The topological polar surface area (TPSA) is 101 Å². The molecule has 1 aromatic rings. The Morgan fingerprint density at radius 2 is 2.20 bits per heavy atom. The zero-order valence-corrected chi connectivity index (χ0v) is 12.6. The van der Waals surface area contributed by atoms with Gasteiger partial charge in [0.2, 0.25) is 10.0 Å². The van der Waals surface area contributed by atoms with Crippen molar-refractivity contribution in [3.8, 4) is 0 Å². The van der Waals surface area contributed by atoms with Crippen molar-refractivity contribution in [2.75, 3.05) is 0 Å². The molecular formula is C12H21N3O4S. The summed E-state index contributed by atoms with van der Waals surface area (Å²) in [6.07, 6.45) is 4.90. The third-order valence-corrected chi connectivity index (χ3v) is 4.40. The highest BCUT2D eigenvalue weighted by molar-refractivity contribution is 7.89. The minimum atomic E-state index is -3.59. The second-order valence-corrected chi connectivity index (χ2v) is 6.31. The number of nitrogens with one attached hydrogen (secondary N) is 1. The first kappa shape index (κ1) is 16.6. The highest BCUT2D eigenvalue weighted by Gasteiger charge is 2.20. The molecule has 1 rings (SSSR count). The van der Waals surface area contributed by atoms with Gasteiger partial charge in [-0.25, -0.2) is 13.1 Å². The van der Waals surface area contributed by atoms with Crippen LogP contribution in [0.5, 0.6) is 0 Å². The molecule has 0 aromatic carbocycles. The second kappa shape index (κ2) is 7.39. The van der Waals surface area contributed by atoms with Crippen LogP contribution in [-0.2, 0) is 21.4 Å². The van der Waals surface area contributed by atoms with Crippen molar-refractivity contribution in [3.05, 3.63) is 12.4 Å². The van der Waals surface area contributed by atoms with Crippen LogP contribution in [0, 0.1) is 0 Å². The van der Waals surface area contributed by atoms with Gasteiger partial charge < -0.3 is 5.11 Å². The van der Waals surface area contributed by atoms with E-state index >= 15 is 0 Å². The standard InChI is InChI=1S/C12H21N3O4S/c1-3-5-10(4-2)14-20(18,19)11-8-13-15(9-11)7-6-12(16)17/h8-10,14H,3-7H2,1-2H3,(H,16,17). The lowest BCUT2D eigenvalue weighted by molar-refractivity contribution is -0.137. The first-order chi connectivity index (χ1) is 9.39. The molecule has 0 aliphatic carbocycles. The fourth-order valence-corrected chi connectivity index (χ4v) is 3.10. The Bertz CT molecular complexity index is 539. The molecule has 1 unspecified atom stereocenters. The molecule has 0 saturated heterocycles. The summed E-state index contributed by atoms with van der Waals surface area (Å²) in [6, 6.07) is -0.0904. The molecular weight excluding hydrogens is 282 g/mol. The summed E-state index contributed by atoms with van der Waals surface area (Å²) in [5.41, 5.74) is 0. The third-order valence-electron chi connectivity index (χ3n) is 2.93. The number of rotatable bonds is 9. The third kappa shape index (κ3) is 4.93. The monoisotopic (exact) mass is 303 g/mol. The minimum Gasteiger partial charge on any atom is -0.481 e. The SMILES string of the molecule is CCCC(CC)NS(=O)(=O)c1cnn(CCC(=O)O)c1. The molecule has 0 aliphatic heterocycles. The van der Waals surface area contributed by atoms with Crippen LogP contribution in [0.25, 0.3) is 0 Å². The van der Waals surface area contributed by atoms with Crippen LogP contribution in [0.4, 0.5) is 0 Å². The van der Waals surface area contributed by atoms with Gasteiger partial charge in [-0.05, 0) is 12.8 Å². The van der Waals surface area contributed by atoms with Crippen LogP contribution in [0.2, 0.25) is 0 Å². The van der Waals surface area contributed by atoms with E-state index in [0.717, 1.165) is 19.3 Å². The highest BCUT2D eigenvalue weighted by atomic mass is 32.2. The summed E-state index contributed by atoms with van der Waals surface area (Å²) in [5, 5.41) is 12.4. The van der Waals surface area contributed by atoms with Crippen LogP contribution in [0.1, 0.15) is 39.5 Å². The Morgan fingerprint density at radius 3 is 2.75 bits per heavy atom. The van der Waals surface area contributed by atoms with Gasteiger partial charge in [0, 0.05) is 12.2 Å². The van der Waals surface area contributed by atoms with Crippen LogP contribution >= 0.6 is 0 Å². The number of aromatic nitrogens is 2. The van der Waals surface area contributed by atoms with Gasteiger partial charge in [0.15, 0.2) is 0 Å². The predicted octanol–water partition coefficient (Wildman–Crippen LogP) is 1.21. The maximum Gasteiger partial charge on any atom is 0.305 e. The molecule has 7 nitrogen and oxygen atoms in total. The highest BCUT2D eigenvalue weighted by Crippen LogP contribution is 2.11. The summed E-state index contributed by atoms with van der Waals surface area (Å²) in [5.74, 6) is -0.947. The molecule has 0 fully saturated rings. The number of aliphatic carboxylic acids is 1. The van der Waals surface area contributed by atoms with E-state index in [0.29, 0.717) is 0 Å². The van der Waals surface area contributed by atoms with Gasteiger partial charge in [-0.3, -0.25) is 9.48 Å². The van der Waals surface area contributed by atoms with Crippen molar-refractivity contribution in [1.82, 2.24) is 14.5 Å². The molecule has 114 valence electrons. The number of sulfonamides is 1. The molecule has 1 atom stereocenters. The molecule has 0 radical (unpaired) electrons.